The number of aryl methyl sites for hydroxylation is 1. The van der Waals surface area contributed by atoms with Crippen molar-refractivity contribution in [3.05, 3.63) is 28.8 Å². The van der Waals surface area contributed by atoms with Gasteiger partial charge in [0.05, 0.1) is 17.2 Å². The molecule has 2 rings (SSSR count). The summed E-state index contributed by atoms with van der Waals surface area (Å²) in [7, 11) is 0. The molecule has 0 saturated carbocycles. The van der Waals surface area contributed by atoms with Crippen LogP contribution < -0.4 is 10.1 Å². The van der Waals surface area contributed by atoms with Crippen LogP contribution in [-0.4, -0.2) is 30.3 Å². The van der Waals surface area contributed by atoms with E-state index in [0.717, 1.165) is 25.0 Å². The summed E-state index contributed by atoms with van der Waals surface area (Å²) in [5, 5.41) is 3.48. The van der Waals surface area contributed by atoms with Crippen LogP contribution in [0.4, 0.5) is 0 Å². The smallest absolute Gasteiger partial charge is 0.263 e. The number of amides is 1. The van der Waals surface area contributed by atoms with Crippen LogP contribution in [-0.2, 0) is 9.53 Å². The van der Waals surface area contributed by atoms with Gasteiger partial charge < -0.3 is 14.8 Å². The van der Waals surface area contributed by atoms with Gasteiger partial charge in [-0.15, -0.1) is 0 Å². The summed E-state index contributed by atoms with van der Waals surface area (Å²) in [6, 6.07) is 5.48. The molecule has 1 N–H and O–H groups in total. The molecule has 1 aliphatic rings. The van der Waals surface area contributed by atoms with Gasteiger partial charge in [0.15, 0.2) is 5.60 Å². The van der Waals surface area contributed by atoms with Gasteiger partial charge in [0.2, 0.25) is 0 Å². The van der Waals surface area contributed by atoms with Crippen molar-refractivity contribution >= 4 is 17.5 Å². The maximum Gasteiger partial charge on any atom is 0.263 e. The number of nitrogens with one attached hydrogen (secondary N) is 1. The zero-order chi connectivity index (χ0) is 16.3. The number of hydrogen-bond donors (Lipinski definition) is 1. The second-order valence-electron chi connectivity index (χ2n) is 6.36. The molecular weight excluding hydrogens is 302 g/mol. The predicted molar refractivity (Wildman–Crippen MR) is 87.5 cm³/mol. The Labute approximate surface area is 137 Å². The van der Waals surface area contributed by atoms with Gasteiger partial charge in [0.1, 0.15) is 5.75 Å². The summed E-state index contributed by atoms with van der Waals surface area (Å²) >= 11 is 6.14. The van der Waals surface area contributed by atoms with E-state index in [1.165, 1.54) is 0 Å². The molecule has 1 fully saturated rings. The second kappa shape index (κ2) is 6.88. The molecule has 0 radical (unpaired) electrons. The highest BCUT2D eigenvalue weighted by Crippen LogP contribution is 2.29. The normalized spacial score (nSPS) is 19.8. The van der Waals surface area contributed by atoms with Crippen molar-refractivity contribution in [1.82, 2.24) is 5.32 Å². The van der Waals surface area contributed by atoms with E-state index in [1.807, 2.05) is 26.0 Å². The summed E-state index contributed by atoms with van der Waals surface area (Å²) in [6.45, 7) is 8.16. The van der Waals surface area contributed by atoms with Gasteiger partial charge in [0, 0.05) is 6.61 Å². The molecule has 1 heterocycles. The van der Waals surface area contributed by atoms with Crippen molar-refractivity contribution in [2.45, 2.75) is 58.3 Å². The van der Waals surface area contributed by atoms with Gasteiger partial charge >= 0.3 is 0 Å². The highest BCUT2D eigenvalue weighted by Gasteiger charge is 2.33. The van der Waals surface area contributed by atoms with Gasteiger partial charge in [-0.05, 0) is 58.2 Å². The molecule has 2 atom stereocenters. The Morgan fingerprint density at radius 1 is 1.50 bits per heavy atom. The lowest BCUT2D eigenvalue weighted by Crippen LogP contribution is -2.52. The Kier molecular flexibility index (Phi) is 5.35. The zero-order valence-corrected chi connectivity index (χ0v) is 14.4. The Bertz CT molecular complexity index is 539. The highest BCUT2D eigenvalue weighted by molar-refractivity contribution is 6.32. The van der Waals surface area contributed by atoms with Crippen LogP contribution in [0.1, 0.15) is 39.2 Å². The van der Waals surface area contributed by atoms with Crippen molar-refractivity contribution in [3.8, 4) is 5.75 Å². The number of ether oxygens (including phenoxy) is 2. The first-order chi connectivity index (χ1) is 10.3. The molecule has 0 aromatic heterocycles. The number of carbonyl (C=O) groups excluding carboxylic acids is 1. The quantitative estimate of drug-likeness (QED) is 0.901. The Hall–Kier alpha value is -1.26. The van der Waals surface area contributed by atoms with Gasteiger partial charge in [-0.2, -0.15) is 0 Å². The van der Waals surface area contributed by atoms with Crippen molar-refractivity contribution < 1.29 is 14.3 Å². The maximum atomic E-state index is 12.5. The summed E-state index contributed by atoms with van der Waals surface area (Å²) < 4.78 is 11.5. The van der Waals surface area contributed by atoms with E-state index in [-0.39, 0.29) is 18.1 Å². The lowest BCUT2D eigenvalue weighted by molar-refractivity contribution is -0.135. The van der Waals surface area contributed by atoms with Crippen LogP contribution in [0, 0.1) is 6.92 Å². The molecule has 1 aliphatic heterocycles. The Morgan fingerprint density at radius 2 is 2.23 bits per heavy atom. The fourth-order valence-corrected chi connectivity index (χ4v) is 2.64. The number of carbonyl (C=O) groups is 1. The van der Waals surface area contributed by atoms with E-state index in [4.69, 9.17) is 21.1 Å². The molecule has 1 saturated heterocycles. The first-order valence-corrected chi connectivity index (χ1v) is 8.05. The second-order valence-corrected chi connectivity index (χ2v) is 6.77. The highest BCUT2D eigenvalue weighted by atomic mass is 35.5. The number of rotatable bonds is 5. The minimum atomic E-state index is -1.01. The Morgan fingerprint density at radius 3 is 2.86 bits per heavy atom. The van der Waals surface area contributed by atoms with Gasteiger partial charge in [0.25, 0.3) is 5.91 Å². The summed E-state index contributed by atoms with van der Waals surface area (Å²) in [6.07, 6.45) is 2.11. The number of benzene rings is 1. The van der Waals surface area contributed by atoms with E-state index in [0.29, 0.717) is 10.8 Å². The van der Waals surface area contributed by atoms with Crippen molar-refractivity contribution in [2.24, 2.45) is 0 Å². The molecule has 22 heavy (non-hydrogen) atoms. The molecule has 0 unspecified atom stereocenters. The number of halogens is 1. The molecule has 0 aliphatic carbocycles. The van der Waals surface area contributed by atoms with Gasteiger partial charge in [-0.1, -0.05) is 17.7 Å². The molecule has 1 amide bonds. The van der Waals surface area contributed by atoms with E-state index >= 15 is 0 Å². The van der Waals surface area contributed by atoms with E-state index < -0.39 is 5.60 Å². The van der Waals surface area contributed by atoms with Crippen molar-refractivity contribution in [3.63, 3.8) is 0 Å². The van der Waals surface area contributed by atoms with Gasteiger partial charge in [-0.25, -0.2) is 0 Å². The van der Waals surface area contributed by atoms with Crippen LogP contribution in [0.3, 0.4) is 0 Å². The minimum absolute atomic E-state index is 0.0362. The van der Waals surface area contributed by atoms with Crippen LogP contribution in [0.15, 0.2) is 18.2 Å². The van der Waals surface area contributed by atoms with Crippen molar-refractivity contribution in [2.75, 3.05) is 6.61 Å². The Balaban J connectivity index is 2.02. The molecular formula is C17H24ClNO3. The lowest BCUT2D eigenvalue weighted by atomic mass is 10.1. The monoisotopic (exact) mass is 325 g/mol. The first kappa shape index (κ1) is 17.1. The third-order valence-electron chi connectivity index (χ3n) is 3.88. The average Bonchev–Trinajstić information content (AvgIpc) is 2.96. The number of hydrogen-bond acceptors (Lipinski definition) is 3. The summed E-state index contributed by atoms with van der Waals surface area (Å²) in [5.41, 5.74) is 0.0212. The first-order valence-electron chi connectivity index (χ1n) is 7.67. The largest absolute Gasteiger partial charge is 0.476 e. The maximum absolute atomic E-state index is 12.5. The SMILES string of the molecule is Cc1ccc(Cl)c(OC(C)(C)C(=O)N[C@H](C)[C@H]2CCCO2)c1. The van der Waals surface area contributed by atoms with Crippen LogP contribution in [0.25, 0.3) is 0 Å². The standard InChI is InChI=1S/C17H24ClNO3/c1-11-7-8-13(18)15(10-11)22-17(3,4)16(20)19-12(2)14-6-5-9-21-14/h7-8,10,12,14H,5-6,9H2,1-4H3,(H,19,20)/t12-,14-/m1/s1. The van der Waals surface area contributed by atoms with Crippen LogP contribution in [0.2, 0.25) is 5.02 Å². The minimum Gasteiger partial charge on any atom is -0.476 e. The molecule has 1 aromatic carbocycles. The fourth-order valence-electron chi connectivity index (χ4n) is 2.48. The molecule has 1 aromatic rings. The van der Waals surface area contributed by atoms with Crippen LogP contribution in [0.5, 0.6) is 5.75 Å². The summed E-state index contributed by atoms with van der Waals surface area (Å²) in [4.78, 5) is 12.5. The lowest BCUT2D eigenvalue weighted by Gasteiger charge is -2.29. The molecule has 0 spiro atoms. The molecule has 5 heteroatoms. The average molecular weight is 326 g/mol. The molecule has 122 valence electrons. The topological polar surface area (TPSA) is 47.6 Å². The third-order valence-corrected chi connectivity index (χ3v) is 4.19. The fraction of sp³-hybridized carbons (Fsp3) is 0.588. The molecule has 0 bridgehead atoms. The van der Waals surface area contributed by atoms with Crippen molar-refractivity contribution in [1.29, 1.82) is 0 Å². The van der Waals surface area contributed by atoms with E-state index in [9.17, 15) is 4.79 Å². The van der Waals surface area contributed by atoms with Gasteiger partial charge in [-0.3, -0.25) is 4.79 Å². The third kappa shape index (κ3) is 4.14. The van der Waals surface area contributed by atoms with Crippen LogP contribution >= 0.6 is 11.6 Å². The summed E-state index contributed by atoms with van der Waals surface area (Å²) in [5.74, 6) is 0.347. The van der Waals surface area contributed by atoms with E-state index in [2.05, 4.69) is 5.32 Å². The molecule has 4 nitrogen and oxygen atoms in total. The predicted octanol–water partition coefficient (Wildman–Crippen LogP) is 3.49. The van der Waals surface area contributed by atoms with E-state index in [1.54, 1.807) is 19.9 Å². The zero-order valence-electron chi connectivity index (χ0n) is 13.6.